The van der Waals surface area contributed by atoms with E-state index in [0.29, 0.717) is 30.8 Å². The molecule has 0 fully saturated rings. The first kappa shape index (κ1) is 18.7. The molecule has 0 aliphatic heterocycles. The third kappa shape index (κ3) is 6.94. The van der Waals surface area contributed by atoms with Gasteiger partial charge in [-0.1, -0.05) is 0 Å². The van der Waals surface area contributed by atoms with E-state index in [1.807, 2.05) is 0 Å². The third-order valence-corrected chi connectivity index (χ3v) is 2.89. The molecule has 1 aromatic rings. The molecule has 3 N–H and O–H groups in total. The number of esters is 1. The lowest BCUT2D eigenvalue weighted by Gasteiger charge is -2.22. The summed E-state index contributed by atoms with van der Waals surface area (Å²) in [4.78, 5) is 31.7. The number of aryl methyl sites for hydroxylation is 1. The van der Waals surface area contributed by atoms with Crippen LogP contribution in [0.15, 0.2) is 12.4 Å². The lowest BCUT2D eigenvalue weighted by Crippen LogP contribution is -2.44. The molecule has 0 radical (unpaired) electrons. The van der Waals surface area contributed by atoms with Crippen molar-refractivity contribution in [2.45, 2.75) is 51.7 Å². The van der Waals surface area contributed by atoms with Gasteiger partial charge in [0, 0.05) is 12.4 Å². The van der Waals surface area contributed by atoms with Gasteiger partial charge >= 0.3 is 12.1 Å². The quantitative estimate of drug-likeness (QED) is 0.760. The maximum absolute atomic E-state index is 11.8. The van der Waals surface area contributed by atoms with Crippen molar-refractivity contribution in [2.24, 2.45) is 0 Å². The van der Waals surface area contributed by atoms with Gasteiger partial charge in [0.25, 0.3) is 0 Å². The summed E-state index contributed by atoms with van der Waals surface area (Å²) in [6, 6.07) is -0.784. The van der Waals surface area contributed by atoms with Crippen molar-refractivity contribution in [1.29, 1.82) is 0 Å². The summed E-state index contributed by atoms with van der Waals surface area (Å²) in [7, 11) is 1.27. The lowest BCUT2D eigenvalue weighted by molar-refractivity contribution is -0.143. The Morgan fingerprint density at radius 3 is 2.52 bits per heavy atom. The Hall–Kier alpha value is -2.38. The van der Waals surface area contributed by atoms with Gasteiger partial charge in [0.05, 0.1) is 12.8 Å². The number of rotatable bonds is 6. The Kier molecular flexibility index (Phi) is 6.74. The molecule has 1 rings (SSSR count). The molecular weight excluding hydrogens is 300 g/mol. The molecule has 23 heavy (non-hydrogen) atoms. The second-order valence-electron chi connectivity index (χ2n) is 6.00. The molecule has 8 heteroatoms. The Bertz CT molecular complexity index is 543. The van der Waals surface area contributed by atoms with Crippen LogP contribution >= 0.6 is 0 Å². The van der Waals surface area contributed by atoms with Gasteiger partial charge in [-0.25, -0.2) is 14.6 Å². The molecule has 0 bridgehead atoms. The summed E-state index contributed by atoms with van der Waals surface area (Å²) >= 11 is 0. The molecule has 1 aromatic heterocycles. The minimum absolute atomic E-state index is 0.363. The Balaban J connectivity index is 2.57. The molecule has 0 aromatic carbocycles. The zero-order valence-electron chi connectivity index (χ0n) is 14.0. The van der Waals surface area contributed by atoms with E-state index in [0.717, 1.165) is 0 Å². The van der Waals surface area contributed by atoms with Gasteiger partial charge < -0.3 is 20.5 Å². The molecule has 8 nitrogen and oxygen atoms in total. The number of hydrogen-bond donors (Lipinski definition) is 2. The molecule has 0 aliphatic carbocycles. The minimum Gasteiger partial charge on any atom is -0.467 e. The van der Waals surface area contributed by atoms with E-state index in [1.165, 1.54) is 13.3 Å². The average molecular weight is 324 g/mol. The number of nitrogens with two attached hydrogens (primary N) is 1. The number of anilines is 1. The first-order chi connectivity index (χ1) is 10.7. The number of carbonyl (C=O) groups is 2. The van der Waals surface area contributed by atoms with Gasteiger partial charge in [-0.15, -0.1) is 0 Å². The number of nitrogens with zero attached hydrogens (tertiary/aromatic N) is 2. The second kappa shape index (κ2) is 8.30. The summed E-state index contributed by atoms with van der Waals surface area (Å²) in [5, 5.41) is 2.52. The average Bonchev–Trinajstić information content (AvgIpc) is 2.45. The molecule has 0 saturated carbocycles. The summed E-state index contributed by atoms with van der Waals surface area (Å²) < 4.78 is 9.85. The SMILES string of the molecule is COC(=O)[C@@H](CCCc1nccnc1N)NC(=O)OC(C)(C)C. The van der Waals surface area contributed by atoms with E-state index < -0.39 is 23.7 Å². The van der Waals surface area contributed by atoms with Crippen molar-refractivity contribution in [2.75, 3.05) is 12.8 Å². The molecule has 0 spiro atoms. The fourth-order valence-corrected chi connectivity index (χ4v) is 1.88. The van der Waals surface area contributed by atoms with Gasteiger partial charge in [0.2, 0.25) is 0 Å². The second-order valence-corrected chi connectivity index (χ2v) is 6.00. The number of carbonyl (C=O) groups excluding carboxylic acids is 2. The van der Waals surface area contributed by atoms with Crippen molar-refractivity contribution in [3.8, 4) is 0 Å². The van der Waals surface area contributed by atoms with Crippen LogP contribution in [0.4, 0.5) is 10.6 Å². The van der Waals surface area contributed by atoms with Crippen molar-refractivity contribution in [1.82, 2.24) is 15.3 Å². The first-order valence-corrected chi connectivity index (χ1v) is 7.35. The topological polar surface area (TPSA) is 116 Å². The maximum atomic E-state index is 11.8. The highest BCUT2D eigenvalue weighted by Crippen LogP contribution is 2.11. The van der Waals surface area contributed by atoms with E-state index in [4.69, 9.17) is 15.2 Å². The van der Waals surface area contributed by atoms with Crippen LogP contribution in [0.5, 0.6) is 0 Å². The van der Waals surface area contributed by atoms with Gasteiger partial charge in [-0.05, 0) is 40.0 Å². The predicted octanol–water partition coefficient (Wildman–Crippen LogP) is 1.45. The summed E-state index contributed by atoms with van der Waals surface area (Å²) in [5.41, 5.74) is 5.74. The molecule has 128 valence electrons. The Morgan fingerprint density at radius 1 is 1.30 bits per heavy atom. The molecule has 1 amide bonds. The number of nitrogens with one attached hydrogen (secondary N) is 1. The number of alkyl carbamates (subject to hydrolysis) is 1. The number of nitrogen functional groups attached to an aromatic ring is 1. The first-order valence-electron chi connectivity index (χ1n) is 7.35. The zero-order valence-corrected chi connectivity index (χ0v) is 14.0. The third-order valence-electron chi connectivity index (χ3n) is 2.89. The van der Waals surface area contributed by atoms with Gasteiger partial charge in [-0.2, -0.15) is 0 Å². The largest absolute Gasteiger partial charge is 0.467 e. The van der Waals surface area contributed by atoms with Crippen molar-refractivity contribution >= 4 is 17.9 Å². The van der Waals surface area contributed by atoms with Crippen molar-refractivity contribution in [3.63, 3.8) is 0 Å². The van der Waals surface area contributed by atoms with Crippen LogP contribution in [-0.4, -0.2) is 40.8 Å². The highest BCUT2D eigenvalue weighted by molar-refractivity contribution is 5.81. The fourth-order valence-electron chi connectivity index (χ4n) is 1.88. The standard InChI is InChI=1S/C15H24N4O4/c1-15(2,3)23-14(21)19-11(13(20)22-4)7-5-6-10-12(16)18-9-8-17-10/h8-9,11H,5-7H2,1-4H3,(H2,16,18)(H,19,21)/t11-/m1/s1. The van der Waals surface area contributed by atoms with Gasteiger partial charge in [-0.3, -0.25) is 4.98 Å². The number of amides is 1. The molecule has 1 heterocycles. The van der Waals surface area contributed by atoms with Gasteiger partial charge in [0.15, 0.2) is 0 Å². The van der Waals surface area contributed by atoms with Gasteiger partial charge in [0.1, 0.15) is 17.5 Å². The molecular formula is C15H24N4O4. The van der Waals surface area contributed by atoms with Crippen LogP contribution in [-0.2, 0) is 20.7 Å². The Morgan fingerprint density at radius 2 is 1.96 bits per heavy atom. The van der Waals surface area contributed by atoms with Crippen LogP contribution in [0.3, 0.4) is 0 Å². The number of aromatic nitrogens is 2. The van der Waals surface area contributed by atoms with E-state index in [9.17, 15) is 9.59 Å². The summed E-state index contributed by atoms with van der Waals surface area (Å²) in [6.07, 6.45) is 3.92. The lowest BCUT2D eigenvalue weighted by atomic mass is 10.1. The molecule has 0 saturated heterocycles. The summed E-state index contributed by atoms with van der Waals surface area (Å²) in [5.74, 6) is -0.162. The molecule has 1 atom stereocenters. The van der Waals surface area contributed by atoms with E-state index >= 15 is 0 Å². The van der Waals surface area contributed by atoms with Crippen LogP contribution in [0, 0.1) is 0 Å². The van der Waals surface area contributed by atoms with E-state index in [2.05, 4.69) is 15.3 Å². The smallest absolute Gasteiger partial charge is 0.408 e. The summed E-state index contributed by atoms with van der Waals surface area (Å²) in [6.45, 7) is 5.24. The van der Waals surface area contributed by atoms with Crippen LogP contribution in [0.2, 0.25) is 0 Å². The van der Waals surface area contributed by atoms with Crippen molar-refractivity contribution in [3.05, 3.63) is 18.1 Å². The highest BCUT2D eigenvalue weighted by atomic mass is 16.6. The van der Waals surface area contributed by atoms with E-state index in [1.54, 1.807) is 27.0 Å². The zero-order chi connectivity index (χ0) is 17.5. The number of methoxy groups -OCH3 is 1. The number of ether oxygens (including phenoxy) is 2. The van der Waals surface area contributed by atoms with Crippen molar-refractivity contribution < 1.29 is 19.1 Å². The Labute approximate surface area is 135 Å². The predicted molar refractivity (Wildman–Crippen MR) is 84.6 cm³/mol. The molecule has 0 aliphatic rings. The monoisotopic (exact) mass is 324 g/mol. The van der Waals surface area contributed by atoms with Crippen LogP contribution in [0.1, 0.15) is 39.3 Å². The normalized spacial score (nSPS) is 12.3. The van der Waals surface area contributed by atoms with E-state index in [-0.39, 0.29) is 0 Å². The van der Waals surface area contributed by atoms with Crippen LogP contribution < -0.4 is 11.1 Å². The maximum Gasteiger partial charge on any atom is 0.408 e. The molecule has 0 unspecified atom stereocenters. The fraction of sp³-hybridized carbons (Fsp3) is 0.600. The highest BCUT2D eigenvalue weighted by Gasteiger charge is 2.24. The minimum atomic E-state index is -0.784. The van der Waals surface area contributed by atoms with Crippen LogP contribution in [0.25, 0.3) is 0 Å². The number of hydrogen-bond acceptors (Lipinski definition) is 7.